The number of nitrogens with zero attached hydrogens (tertiary/aromatic N) is 1. The molecule has 0 N–H and O–H groups in total. The largest absolute Gasteiger partial charge is 0.456 e. The van der Waals surface area contributed by atoms with Crippen molar-refractivity contribution in [2.24, 2.45) is 0 Å². The molecule has 2 nitrogen and oxygen atoms in total. The number of anilines is 3. The topological polar surface area (TPSA) is 16.4 Å². The van der Waals surface area contributed by atoms with Crippen LogP contribution in [0.2, 0.25) is 0 Å². The van der Waals surface area contributed by atoms with E-state index in [1.165, 1.54) is 55.6 Å². The van der Waals surface area contributed by atoms with E-state index in [0.717, 1.165) is 50.1 Å². The summed E-state index contributed by atoms with van der Waals surface area (Å²) >= 11 is 0. The number of fused-ring (bicyclic) bond motifs is 6. The molecule has 0 bridgehead atoms. The Morgan fingerprint density at radius 3 is 1.69 bits per heavy atom. The molecule has 59 heavy (non-hydrogen) atoms. The van der Waals surface area contributed by atoms with Crippen LogP contribution in [0.1, 0.15) is 25.0 Å². The summed E-state index contributed by atoms with van der Waals surface area (Å²) in [5.41, 5.74) is 19.7. The number of rotatable bonds is 7. The summed E-state index contributed by atoms with van der Waals surface area (Å²) in [4.78, 5) is 2.45. The molecular weight excluding hydrogens is 715 g/mol. The molecule has 0 atom stereocenters. The molecular formula is C57H41NO. The molecule has 0 amide bonds. The summed E-state index contributed by atoms with van der Waals surface area (Å²) in [6.45, 7) is 4.72. The van der Waals surface area contributed by atoms with Crippen LogP contribution in [0.3, 0.4) is 0 Å². The minimum atomic E-state index is -0.109. The quantitative estimate of drug-likeness (QED) is 0.161. The molecule has 1 aliphatic rings. The van der Waals surface area contributed by atoms with Gasteiger partial charge in [0.15, 0.2) is 0 Å². The van der Waals surface area contributed by atoms with Gasteiger partial charge in [-0.3, -0.25) is 0 Å². The third kappa shape index (κ3) is 5.87. The fourth-order valence-corrected chi connectivity index (χ4v) is 9.36. The number of hydrogen-bond donors (Lipinski definition) is 0. The van der Waals surface area contributed by atoms with Gasteiger partial charge in [-0.2, -0.15) is 0 Å². The highest BCUT2D eigenvalue weighted by Crippen LogP contribution is 2.52. The summed E-state index contributed by atoms with van der Waals surface area (Å²) in [6.07, 6.45) is 0. The molecule has 10 aromatic rings. The average Bonchev–Trinajstić information content (AvgIpc) is 3.78. The molecule has 0 unspecified atom stereocenters. The van der Waals surface area contributed by atoms with E-state index in [9.17, 15) is 0 Å². The van der Waals surface area contributed by atoms with Crippen molar-refractivity contribution in [2.75, 3.05) is 4.90 Å². The van der Waals surface area contributed by atoms with Crippen molar-refractivity contribution >= 4 is 39.0 Å². The van der Waals surface area contributed by atoms with Gasteiger partial charge in [-0.15, -0.1) is 0 Å². The Hall–Kier alpha value is -7.42. The van der Waals surface area contributed by atoms with Crippen molar-refractivity contribution in [3.05, 3.63) is 223 Å². The fraction of sp³-hybridized carbons (Fsp3) is 0.0526. The average molecular weight is 756 g/mol. The van der Waals surface area contributed by atoms with Crippen LogP contribution in [0.15, 0.2) is 217 Å². The highest BCUT2D eigenvalue weighted by atomic mass is 16.3. The number of benzene rings is 9. The van der Waals surface area contributed by atoms with Gasteiger partial charge in [-0.1, -0.05) is 172 Å². The number of furan rings is 1. The molecule has 1 aromatic heterocycles. The van der Waals surface area contributed by atoms with Gasteiger partial charge in [0.05, 0.1) is 5.69 Å². The summed E-state index contributed by atoms with van der Waals surface area (Å²) in [5.74, 6) is 0. The van der Waals surface area contributed by atoms with E-state index in [0.29, 0.717) is 0 Å². The first-order valence-electron chi connectivity index (χ1n) is 20.4. The van der Waals surface area contributed by atoms with Crippen LogP contribution in [-0.2, 0) is 5.41 Å². The Bertz CT molecular complexity index is 3190. The number of hydrogen-bond acceptors (Lipinski definition) is 2. The Kier molecular flexibility index (Phi) is 8.20. The van der Waals surface area contributed by atoms with E-state index in [-0.39, 0.29) is 5.41 Å². The van der Waals surface area contributed by atoms with Gasteiger partial charge in [0.2, 0.25) is 0 Å². The smallest absolute Gasteiger partial charge is 0.135 e. The molecule has 0 saturated carbocycles. The van der Waals surface area contributed by atoms with Crippen LogP contribution < -0.4 is 4.90 Å². The van der Waals surface area contributed by atoms with Crippen molar-refractivity contribution in [3.63, 3.8) is 0 Å². The Morgan fingerprint density at radius 1 is 0.356 bits per heavy atom. The van der Waals surface area contributed by atoms with Crippen LogP contribution >= 0.6 is 0 Å². The monoisotopic (exact) mass is 755 g/mol. The van der Waals surface area contributed by atoms with Crippen LogP contribution in [0.4, 0.5) is 17.1 Å². The molecule has 0 saturated heterocycles. The Morgan fingerprint density at radius 2 is 0.915 bits per heavy atom. The minimum absolute atomic E-state index is 0.109. The molecule has 0 fully saturated rings. The first kappa shape index (κ1) is 34.8. The van der Waals surface area contributed by atoms with E-state index in [4.69, 9.17) is 4.42 Å². The molecule has 1 aliphatic carbocycles. The highest BCUT2D eigenvalue weighted by molar-refractivity contribution is 6.06. The molecule has 0 radical (unpaired) electrons. The SMILES string of the molecule is CC1(C)c2ccccc2-c2ccc(-c3cccc(N(c4cccc(-c5ccccc5)c4)c4cccc(-c5ccc6oc7ccccc7c6c5)c4)c3-c3ccccc3)cc21. The summed E-state index contributed by atoms with van der Waals surface area (Å²) in [7, 11) is 0. The molecule has 1 heterocycles. The minimum Gasteiger partial charge on any atom is -0.456 e. The lowest BCUT2D eigenvalue weighted by Gasteiger charge is -2.30. The zero-order valence-corrected chi connectivity index (χ0v) is 33.1. The van der Waals surface area contributed by atoms with Gasteiger partial charge in [0, 0.05) is 33.1 Å². The van der Waals surface area contributed by atoms with E-state index in [1.807, 2.05) is 12.1 Å². The van der Waals surface area contributed by atoms with E-state index in [1.54, 1.807) is 0 Å². The molecule has 0 spiro atoms. The zero-order chi connectivity index (χ0) is 39.5. The number of para-hydroxylation sites is 1. The Balaban J connectivity index is 1.13. The maximum Gasteiger partial charge on any atom is 0.135 e. The molecule has 0 aliphatic heterocycles. The van der Waals surface area contributed by atoms with Crippen LogP contribution in [0.25, 0.3) is 77.6 Å². The molecule has 280 valence electrons. The van der Waals surface area contributed by atoms with Gasteiger partial charge >= 0.3 is 0 Å². The Labute approximate surface area is 345 Å². The normalized spacial score (nSPS) is 12.7. The third-order valence-corrected chi connectivity index (χ3v) is 12.3. The van der Waals surface area contributed by atoms with Crippen molar-refractivity contribution in [2.45, 2.75) is 19.3 Å². The van der Waals surface area contributed by atoms with Gasteiger partial charge in [-0.25, -0.2) is 0 Å². The lowest BCUT2D eigenvalue weighted by atomic mass is 9.81. The lowest BCUT2D eigenvalue weighted by Crippen LogP contribution is -2.15. The molecule has 9 aromatic carbocycles. The van der Waals surface area contributed by atoms with Crippen molar-refractivity contribution in [1.29, 1.82) is 0 Å². The van der Waals surface area contributed by atoms with E-state index < -0.39 is 0 Å². The summed E-state index contributed by atoms with van der Waals surface area (Å²) < 4.78 is 6.22. The summed E-state index contributed by atoms with van der Waals surface area (Å²) in [6, 6.07) is 77.1. The molecule has 11 rings (SSSR count). The van der Waals surface area contributed by atoms with Crippen molar-refractivity contribution < 1.29 is 4.42 Å². The fourth-order valence-electron chi connectivity index (χ4n) is 9.36. The van der Waals surface area contributed by atoms with E-state index in [2.05, 4.69) is 219 Å². The highest BCUT2D eigenvalue weighted by Gasteiger charge is 2.35. The summed E-state index contributed by atoms with van der Waals surface area (Å²) in [5, 5.41) is 2.25. The standard InChI is InChI=1S/C57H41NO/c1-57(2)51-27-11-9-24-47(51)48-32-30-43(37-52(48)57)46-26-15-28-53(56(46)39-18-7-4-8-19-39)58(44-22-13-20-40(34-44)38-16-5-3-6-17-38)45-23-14-21-41(35-45)42-31-33-55-50(36-42)49-25-10-12-29-54(49)59-55/h3-37H,1-2H3. The van der Waals surface area contributed by atoms with E-state index >= 15 is 0 Å². The van der Waals surface area contributed by atoms with Gasteiger partial charge in [0.1, 0.15) is 11.2 Å². The molecule has 2 heteroatoms. The van der Waals surface area contributed by atoms with Crippen LogP contribution in [0.5, 0.6) is 0 Å². The van der Waals surface area contributed by atoms with Gasteiger partial charge in [-0.05, 0) is 116 Å². The van der Waals surface area contributed by atoms with Gasteiger partial charge in [0.25, 0.3) is 0 Å². The van der Waals surface area contributed by atoms with Crippen molar-refractivity contribution in [1.82, 2.24) is 0 Å². The first-order valence-corrected chi connectivity index (χ1v) is 20.4. The second-order valence-electron chi connectivity index (χ2n) is 16.1. The van der Waals surface area contributed by atoms with Crippen molar-refractivity contribution in [3.8, 4) is 55.6 Å². The second kappa shape index (κ2) is 13.9. The lowest BCUT2D eigenvalue weighted by molar-refractivity contribution is 0.660. The predicted molar refractivity (Wildman–Crippen MR) is 248 cm³/mol. The second-order valence-corrected chi connectivity index (χ2v) is 16.1. The third-order valence-electron chi connectivity index (χ3n) is 12.3. The first-order chi connectivity index (χ1) is 29.0. The predicted octanol–water partition coefficient (Wildman–Crippen LogP) is 16.0. The van der Waals surface area contributed by atoms with Crippen LogP contribution in [-0.4, -0.2) is 0 Å². The maximum atomic E-state index is 6.22. The van der Waals surface area contributed by atoms with Gasteiger partial charge < -0.3 is 9.32 Å². The zero-order valence-electron chi connectivity index (χ0n) is 33.1. The maximum absolute atomic E-state index is 6.22. The van der Waals surface area contributed by atoms with Crippen LogP contribution in [0, 0.1) is 0 Å².